The van der Waals surface area contributed by atoms with Crippen LogP contribution in [0.2, 0.25) is 0 Å². The number of carboxylic acid groups (broad SMARTS) is 1. The molecule has 12 heavy (non-hydrogen) atoms. The summed E-state index contributed by atoms with van der Waals surface area (Å²) in [6.07, 6.45) is 2.50. The number of hydrogen-bond donors (Lipinski definition) is 0. The maximum Gasteiger partial charge on any atom is 3.00 e. The first-order chi connectivity index (χ1) is 5.29. The number of carboxylic acids is 1. The van der Waals surface area contributed by atoms with Crippen molar-refractivity contribution in [2.24, 2.45) is 0 Å². The van der Waals surface area contributed by atoms with Crippen molar-refractivity contribution in [1.82, 2.24) is 0 Å². The fourth-order valence-corrected chi connectivity index (χ4v) is 0.728. The normalized spacial score (nSPS) is 9.33. The Morgan fingerprint density at radius 1 is 1.25 bits per heavy atom. The van der Waals surface area contributed by atoms with Crippen LogP contribution in [0, 0.1) is 0 Å². The molecule has 0 unspecified atom stereocenters. The molecule has 1 radical (unpaired) electrons. The van der Waals surface area contributed by atoms with Gasteiger partial charge >= 0.3 is 17.4 Å². The van der Waals surface area contributed by atoms with Gasteiger partial charge in [0.1, 0.15) is 0 Å². The maximum absolute atomic E-state index is 9.97. The molecule has 0 fully saturated rings. The van der Waals surface area contributed by atoms with E-state index in [1.807, 2.05) is 30.3 Å². The molecule has 3 heteroatoms. The minimum atomic E-state index is -1.17. The SMILES string of the molecule is O=C([O-])/C=C/c1ccccc1.[Cr+3]. The van der Waals surface area contributed by atoms with Crippen LogP contribution in [0.15, 0.2) is 36.4 Å². The standard InChI is InChI=1S/C9H8O2.Cr/c10-9(11)7-6-8-4-2-1-3-5-8;/h1-7H,(H,10,11);/q;+3/p-1/b7-6+;. The summed E-state index contributed by atoms with van der Waals surface area (Å²) in [4.78, 5) is 9.97. The van der Waals surface area contributed by atoms with Crippen LogP contribution in [0.25, 0.3) is 6.08 Å². The van der Waals surface area contributed by atoms with Gasteiger partial charge in [0.15, 0.2) is 0 Å². The molecular weight excluding hydrogens is 192 g/mol. The van der Waals surface area contributed by atoms with Gasteiger partial charge < -0.3 is 9.90 Å². The molecule has 2 nitrogen and oxygen atoms in total. The molecule has 1 aromatic carbocycles. The largest absolute Gasteiger partial charge is 3.00 e. The second-order valence-corrected chi connectivity index (χ2v) is 2.06. The Morgan fingerprint density at radius 2 is 1.83 bits per heavy atom. The van der Waals surface area contributed by atoms with Gasteiger partial charge in [-0.1, -0.05) is 36.4 Å². The molecule has 59 valence electrons. The van der Waals surface area contributed by atoms with E-state index < -0.39 is 5.97 Å². The van der Waals surface area contributed by atoms with Crippen molar-refractivity contribution < 1.29 is 27.3 Å². The molecule has 0 spiro atoms. The summed E-state index contributed by atoms with van der Waals surface area (Å²) in [5.74, 6) is -1.17. The van der Waals surface area contributed by atoms with Crippen molar-refractivity contribution in [3.05, 3.63) is 42.0 Å². The molecule has 0 atom stereocenters. The van der Waals surface area contributed by atoms with Crippen LogP contribution in [0.3, 0.4) is 0 Å². The van der Waals surface area contributed by atoms with E-state index >= 15 is 0 Å². The number of rotatable bonds is 2. The molecule has 0 N–H and O–H groups in total. The molecule has 0 heterocycles. The average molecular weight is 199 g/mol. The van der Waals surface area contributed by atoms with E-state index in [1.165, 1.54) is 6.08 Å². The van der Waals surface area contributed by atoms with E-state index in [0.29, 0.717) is 0 Å². The molecular formula is C9H7CrO2+2. The molecule has 0 amide bonds. The van der Waals surface area contributed by atoms with E-state index in [0.717, 1.165) is 11.6 Å². The Morgan fingerprint density at radius 3 is 2.33 bits per heavy atom. The zero-order valence-corrected chi connectivity index (χ0v) is 7.54. The number of carbonyl (C=O) groups is 1. The molecule has 1 aromatic rings. The van der Waals surface area contributed by atoms with Crippen LogP contribution in [-0.4, -0.2) is 5.97 Å². The van der Waals surface area contributed by atoms with E-state index in [-0.39, 0.29) is 17.4 Å². The zero-order chi connectivity index (χ0) is 8.10. The first-order valence-corrected chi connectivity index (χ1v) is 3.23. The molecule has 1 rings (SSSR count). The molecule has 0 aliphatic rings. The van der Waals surface area contributed by atoms with E-state index in [9.17, 15) is 9.90 Å². The second-order valence-electron chi connectivity index (χ2n) is 2.06. The van der Waals surface area contributed by atoms with Crippen LogP contribution in [0.4, 0.5) is 0 Å². The van der Waals surface area contributed by atoms with E-state index in [1.54, 1.807) is 0 Å². The van der Waals surface area contributed by atoms with Gasteiger partial charge in [0.2, 0.25) is 0 Å². The van der Waals surface area contributed by atoms with Gasteiger partial charge in [0.05, 0.1) is 5.97 Å². The second kappa shape index (κ2) is 5.59. The van der Waals surface area contributed by atoms with Crippen molar-refractivity contribution in [3.8, 4) is 0 Å². The smallest absolute Gasteiger partial charge is 0.545 e. The average Bonchev–Trinajstić information content (AvgIpc) is 2.03. The predicted molar refractivity (Wildman–Crippen MR) is 40.5 cm³/mol. The monoisotopic (exact) mass is 199 g/mol. The van der Waals surface area contributed by atoms with Gasteiger partial charge in [-0.3, -0.25) is 0 Å². The predicted octanol–water partition coefficient (Wildman–Crippen LogP) is 0.447. The molecule has 0 saturated heterocycles. The van der Waals surface area contributed by atoms with E-state index in [4.69, 9.17) is 0 Å². The summed E-state index contributed by atoms with van der Waals surface area (Å²) in [6.45, 7) is 0. The summed E-state index contributed by atoms with van der Waals surface area (Å²) < 4.78 is 0. The van der Waals surface area contributed by atoms with Crippen molar-refractivity contribution in [2.45, 2.75) is 0 Å². The summed E-state index contributed by atoms with van der Waals surface area (Å²) in [5.41, 5.74) is 0.858. The molecule has 0 aromatic heterocycles. The first-order valence-electron chi connectivity index (χ1n) is 3.23. The molecule has 0 aliphatic heterocycles. The third kappa shape index (κ3) is 3.97. The Labute approximate surface area is 81.7 Å². The van der Waals surface area contributed by atoms with Gasteiger partial charge in [-0.15, -0.1) is 0 Å². The fraction of sp³-hybridized carbons (Fsp3) is 0. The number of carbonyl (C=O) groups excluding carboxylic acids is 1. The van der Waals surface area contributed by atoms with E-state index in [2.05, 4.69) is 0 Å². The van der Waals surface area contributed by atoms with Gasteiger partial charge in [-0.25, -0.2) is 0 Å². The van der Waals surface area contributed by atoms with Crippen LogP contribution in [0.1, 0.15) is 5.56 Å². The van der Waals surface area contributed by atoms with Crippen LogP contribution < -0.4 is 5.11 Å². The third-order valence-electron chi connectivity index (χ3n) is 1.21. The minimum Gasteiger partial charge on any atom is -0.545 e. The van der Waals surface area contributed by atoms with Crippen molar-refractivity contribution in [3.63, 3.8) is 0 Å². The quantitative estimate of drug-likeness (QED) is 0.648. The minimum absolute atomic E-state index is 0. The van der Waals surface area contributed by atoms with Gasteiger partial charge in [0.25, 0.3) is 0 Å². The fourth-order valence-electron chi connectivity index (χ4n) is 0.728. The Bertz CT molecular complexity index is 267. The summed E-state index contributed by atoms with van der Waals surface area (Å²) in [5, 5.41) is 9.97. The Hall–Kier alpha value is -1.04. The van der Waals surface area contributed by atoms with Gasteiger partial charge in [-0.2, -0.15) is 0 Å². The van der Waals surface area contributed by atoms with Crippen molar-refractivity contribution >= 4 is 12.0 Å². The number of aliphatic carboxylic acids is 1. The summed E-state index contributed by atoms with van der Waals surface area (Å²) in [7, 11) is 0. The maximum atomic E-state index is 9.97. The first kappa shape index (κ1) is 11.0. The number of benzene rings is 1. The third-order valence-corrected chi connectivity index (χ3v) is 1.21. The Kier molecular flexibility index (Phi) is 5.11. The topological polar surface area (TPSA) is 40.1 Å². The van der Waals surface area contributed by atoms with Crippen LogP contribution in [0.5, 0.6) is 0 Å². The van der Waals surface area contributed by atoms with Crippen LogP contribution >= 0.6 is 0 Å². The molecule has 0 aliphatic carbocycles. The van der Waals surface area contributed by atoms with Crippen LogP contribution in [-0.2, 0) is 22.2 Å². The van der Waals surface area contributed by atoms with Gasteiger partial charge in [-0.05, 0) is 11.6 Å². The zero-order valence-electron chi connectivity index (χ0n) is 6.27. The summed E-state index contributed by atoms with van der Waals surface area (Å²) in [6, 6.07) is 9.19. The van der Waals surface area contributed by atoms with Crippen molar-refractivity contribution in [1.29, 1.82) is 0 Å². The molecule has 0 saturated carbocycles. The van der Waals surface area contributed by atoms with Gasteiger partial charge in [0, 0.05) is 0 Å². The summed E-state index contributed by atoms with van der Waals surface area (Å²) >= 11 is 0. The Balaban J connectivity index is 0.00000121. The van der Waals surface area contributed by atoms with Crippen molar-refractivity contribution in [2.75, 3.05) is 0 Å². The number of hydrogen-bond acceptors (Lipinski definition) is 2. The molecule has 0 bridgehead atoms.